The monoisotopic (exact) mass is 557 g/mol. The molecule has 1 heterocycles. The van der Waals surface area contributed by atoms with Gasteiger partial charge in [0, 0.05) is 6.54 Å². The van der Waals surface area contributed by atoms with Crippen LogP contribution in [0.4, 0.5) is 4.79 Å². The molecule has 11 nitrogen and oxygen atoms in total. The molecule has 218 valence electrons. The molecule has 3 atom stereocenters. The molecule has 1 aromatic carbocycles. The third-order valence-electron chi connectivity index (χ3n) is 6.42. The van der Waals surface area contributed by atoms with Crippen molar-refractivity contribution in [1.29, 1.82) is 0 Å². The van der Waals surface area contributed by atoms with Gasteiger partial charge in [0.25, 0.3) is 0 Å². The van der Waals surface area contributed by atoms with Crippen molar-refractivity contribution in [3.05, 3.63) is 48.6 Å². The second-order valence-electron chi connectivity index (χ2n) is 11.0. The van der Waals surface area contributed by atoms with Crippen LogP contribution in [-0.4, -0.2) is 71.6 Å². The Morgan fingerprint density at radius 1 is 1.05 bits per heavy atom. The summed E-state index contributed by atoms with van der Waals surface area (Å²) in [6.45, 7) is 8.97. The lowest BCUT2D eigenvalue weighted by molar-refractivity contribution is -0.156. The third-order valence-corrected chi connectivity index (χ3v) is 6.42. The van der Waals surface area contributed by atoms with Gasteiger partial charge >= 0.3 is 18.0 Å². The number of nitrogens with zero attached hydrogens (tertiary/aromatic N) is 1. The predicted molar refractivity (Wildman–Crippen MR) is 145 cm³/mol. The molecule has 3 amide bonds. The van der Waals surface area contributed by atoms with Gasteiger partial charge < -0.3 is 29.7 Å². The average Bonchev–Trinajstić information content (AvgIpc) is 3.62. The smallest absolute Gasteiger partial charge is 0.408 e. The molecule has 2 aliphatic rings. The SMILES string of the molecule is C=CCOC(=O)[C@H]1CCCN1C(=O)[C@@H](NC(=O)[C@H](CC(=O)OC(C)(C)C)NC(=O)OCc1ccccc1)C1CC1. The maximum Gasteiger partial charge on any atom is 0.408 e. The fraction of sp³-hybridized carbons (Fsp3) is 0.552. The number of esters is 2. The number of likely N-dealkylation sites (tertiary alicyclic amines) is 1. The highest BCUT2D eigenvalue weighted by atomic mass is 16.6. The van der Waals surface area contributed by atoms with Gasteiger partial charge in [-0.25, -0.2) is 9.59 Å². The first kappa shape index (κ1) is 30.6. The summed E-state index contributed by atoms with van der Waals surface area (Å²) in [6, 6.07) is 5.99. The normalized spacial score (nSPS) is 18.2. The van der Waals surface area contributed by atoms with E-state index in [2.05, 4.69) is 17.2 Å². The molecule has 40 heavy (non-hydrogen) atoms. The van der Waals surface area contributed by atoms with Gasteiger partial charge in [-0.3, -0.25) is 14.4 Å². The van der Waals surface area contributed by atoms with E-state index in [0.717, 1.165) is 18.4 Å². The number of hydrogen-bond acceptors (Lipinski definition) is 8. The number of rotatable bonds is 12. The van der Waals surface area contributed by atoms with Crippen molar-refractivity contribution < 1.29 is 38.2 Å². The Morgan fingerprint density at radius 2 is 1.75 bits per heavy atom. The zero-order valence-electron chi connectivity index (χ0n) is 23.4. The molecule has 0 radical (unpaired) electrons. The molecule has 0 unspecified atom stereocenters. The summed E-state index contributed by atoms with van der Waals surface area (Å²) in [6.07, 6.45) is 2.62. The fourth-order valence-corrected chi connectivity index (χ4v) is 4.42. The highest BCUT2D eigenvalue weighted by Crippen LogP contribution is 2.35. The number of nitrogens with one attached hydrogen (secondary N) is 2. The van der Waals surface area contributed by atoms with E-state index in [0.29, 0.717) is 19.4 Å². The highest BCUT2D eigenvalue weighted by molar-refractivity contribution is 5.95. The van der Waals surface area contributed by atoms with Gasteiger partial charge in [0.05, 0.1) is 6.42 Å². The van der Waals surface area contributed by atoms with Crippen LogP contribution in [0.3, 0.4) is 0 Å². The summed E-state index contributed by atoms with van der Waals surface area (Å²) in [5, 5.41) is 5.17. The van der Waals surface area contributed by atoms with Crippen molar-refractivity contribution in [1.82, 2.24) is 15.5 Å². The largest absolute Gasteiger partial charge is 0.460 e. The molecule has 1 aliphatic heterocycles. The summed E-state index contributed by atoms with van der Waals surface area (Å²) in [5.41, 5.74) is -0.0550. The van der Waals surface area contributed by atoms with Gasteiger partial charge in [0.15, 0.2) is 0 Å². The number of ether oxygens (including phenoxy) is 3. The Kier molecular flexibility index (Phi) is 10.7. The van der Waals surface area contributed by atoms with Crippen LogP contribution in [0.25, 0.3) is 0 Å². The summed E-state index contributed by atoms with van der Waals surface area (Å²) in [5.74, 6) is -2.45. The molecular formula is C29H39N3O8. The number of carbonyl (C=O) groups excluding carboxylic acids is 5. The van der Waals surface area contributed by atoms with Crippen molar-refractivity contribution in [3.63, 3.8) is 0 Å². The van der Waals surface area contributed by atoms with Gasteiger partial charge in [0.2, 0.25) is 11.8 Å². The van der Waals surface area contributed by atoms with E-state index in [-0.39, 0.29) is 19.1 Å². The fourth-order valence-electron chi connectivity index (χ4n) is 4.42. The minimum atomic E-state index is -1.35. The lowest BCUT2D eigenvalue weighted by Crippen LogP contribution is -2.57. The van der Waals surface area contributed by atoms with E-state index in [1.165, 1.54) is 11.0 Å². The number of carbonyl (C=O) groups is 5. The van der Waals surface area contributed by atoms with Crippen LogP contribution in [0.15, 0.2) is 43.0 Å². The van der Waals surface area contributed by atoms with E-state index in [1.54, 1.807) is 45.0 Å². The lowest BCUT2D eigenvalue weighted by atomic mass is 10.1. The van der Waals surface area contributed by atoms with Gasteiger partial charge in [-0.2, -0.15) is 0 Å². The summed E-state index contributed by atoms with van der Waals surface area (Å²) >= 11 is 0. The Bertz CT molecular complexity index is 1080. The number of benzene rings is 1. The number of amides is 3. The first-order valence-corrected chi connectivity index (χ1v) is 13.6. The van der Waals surface area contributed by atoms with Crippen molar-refractivity contribution >= 4 is 29.8 Å². The number of hydrogen-bond donors (Lipinski definition) is 2. The van der Waals surface area contributed by atoms with Crippen molar-refractivity contribution in [2.45, 2.75) is 83.2 Å². The second-order valence-corrected chi connectivity index (χ2v) is 11.0. The van der Waals surface area contributed by atoms with E-state index < -0.39 is 60.0 Å². The second kappa shape index (κ2) is 14.0. The molecule has 2 N–H and O–H groups in total. The Balaban J connectivity index is 1.70. The molecule has 0 spiro atoms. The van der Waals surface area contributed by atoms with Gasteiger partial charge in [-0.1, -0.05) is 43.0 Å². The van der Waals surface area contributed by atoms with Crippen molar-refractivity contribution in [2.24, 2.45) is 5.92 Å². The van der Waals surface area contributed by atoms with E-state index >= 15 is 0 Å². The van der Waals surface area contributed by atoms with Gasteiger partial charge in [-0.15, -0.1) is 0 Å². The van der Waals surface area contributed by atoms with E-state index in [1.807, 2.05) is 6.07 Å². The van der Waals surface area contributed by atoms with E-state index in [4.69, 9.17) is 14.2 Å². The zero-order valence-corrected chi connectivity index (χ0v) is 23.4. The van der Waals surface area contributed by atoms with E-state index in [9.17, 15) is 24.0 Å². The average molecular weight is 558 g/mol. The van der Waals surface area contributed by atoms with Crippen LogP contribution in [0.5, 0.6) is 0 Å². The predicted octanol–water partition coefficient (Wildman–Crippen LogP) is 2.63. The Labute approximate surface area is 234 Å². The summed E-state index contributed by atoms with van der Waals surface area (Å²) in [4.78, 5) is 66.1. The quantitative estimate of drug-likeness (QED) is 0.227. The Hall–Kier alpha value is -3.89. The molecule has 0 aromatic heterocycles. The topological polar surface area (TPSA) is 140 Å². The highest BCUT2D eigenvalue weighted by Gasteiger charge is 2.45. The molecule has 0 bridgehead atoms. The maximum atomic E-state index is 13.5. The molecule has 11 heteroatoms. The summed E-state index contributed by atoms with van der Waals surface area (Å²) < 4.78 is 15.8. The van der Waals surface area contributed by atoms with Crippen molar-refractivity contribution in [3.8, 4) is 0 Å². The maximum absolute atomic E-state index is 13.5. The van der Waals surface area contributed by atoms with Crippen LogP contribution in [0, 0.1) is 5.92 Å². The summed E-state index contributed by atoms with van der Waals surface area (Å²) in [7, 11) is 0. The van der Waals surface area contributed by atoms with Crippen LogP contribution in [-0.2, 0) is 40.0 Å². The van der Waals surface area contributed by atoms with Crippen LogP contribution in [0.2, 0.25) is 0 Å². The molecular weight excluding hydrogens is 518 g/mol. The van der Waals surface area contributed by atoms with Gasteiger partial charge in [0.1, 0.15) is 36.9 Å². The van der Waals surface area contributed by atoms with Crippen LogP contribution < -0.4 is 10.6 Å². The first-order valence-electron chi connectivity index (χ1n) is 13.6. The molecule has 1 saturated carbocycles. The number of alkyl carbamates (subject to hydrolysis) is 1. The van der Waals surface area contributed by atoms with Gasteiger partial charge in [-0.05, 0) is 57.9 Å². The first-order chi connectivity index (χ1) is 19.0. The molecule has 1 aromatic rings. The lowest BCUT2D eigenvalue weighted by Gasteiger charge is -2.29. The molecule has 1 saturated heterocycles. The minimum Gasteiger partial charge on any atom is -0.460 e. The van der Waals surface area contributed by atoms with Crippen molar-refractivity contribution in [2.75, 3.05) is 13.2 Å². The third kappa shape index (κ3) is 9.39. The minimum absolute atomic E-state index is 0.0328. The molecule has 1 aliphatic carbocycles. The molecule has 2 fully saturated rings. The zero-order chi connectivity index (χ0) is 29.3. The standard InChI is InChI=1S/C29H39N3O8/c1-5-16-38-27(36)22-12-9-15-32(22)26(35)24(20-13-14-20)31-25(34)21(17-23(33)40-29(2,3)4)30-28(37)39-18-19-10-7-6-8-11-19/h5-8,10-11,20-22,24H,1,9,12-18H2,2-4H3,(H,30,37)(H,31,34)/t21-,22+,24-/m0/s1. The Morgan fingerprint density at radius 3 is 2.38 bits per heavy atom. The van der Waals surface area contributed by atoms with Crippen LogP contribution >= 0.6 is 0 Å². The van der Waals surface area contributed by atoms with Crippen LogP contribution in [0.1, 0.15) is 58.4 Å². The molecule has 3 rings (SSSR count).